The maximum atomic E-state index is 5.87. The van der Waals surface area contributed by atoms with Crippen LogP contribution in [0.5, 0.6) is 11.5 Å². The predicted molar refractivity (Wildman–Crippen MR) is 81.1 cm³/mol. The van der Waals surface area contributed by atoms with Crippen LogP contribution in [-0.4, -0.2) is 7.11 Å². The third-order valence-corrected chi connectivity index (χ3v) is 3.25. The Morgan fingerprint density at radius 3 is 2.60 bits per heavy atom. The van der Waals surface area contributed by atoms with E-state index in [1.54, 1.807) is 7.11 Å². The minimum absolute atomic E-state index is 0.0155. The quantitative estimate of drug-likeness (QED) is 0.903. The molecule has 0 aliphatic carbocycles. The number of methoxy groups -OCH3 is 1. The number of rotatable bonds is 5. The summed E-state index contributed by atoms with van der Waals surface area (Å²) < 4.78 is 11.1. The van der Waals surface area contributed by atoms with Gasteiger partial charge in [0.2, 0.25) is 0 Å². The molecule has 0 aromatic heterocycles. The molecule has 3 heteroatoms. The van der Waals surface area contributed by atoms with Crippen LogP contribution < -0.4 is 15.2 Å². The first-order valence-corrected chi connectivity index (χ1v) is 6.72. The molecule has 0 spiro atoms. The highest BCUT2D eigenvalue weighted by atomic mass is 16.5. The van der Waals surface area contributed by atoms with E-state index in [1.807, 2.05) is 50.2 Å². The SMILES string of the molecule is COc1ccc(COc2cccc(C(C)N)c2)cc1C. The van der Waals surface area contributed by atoms with E-state index in [0.29, 0.717) is 6.61 Å². The first-order chi connectivity index (χ1) is 9.60. The van der Waals surface area contributed by atoms with Gasteiger partial charge in [0.25, 0.3) is 0 Å². The lowest BCUT2D eigenvalue weighted by Gasteiger charge is -2.11. The molecule has 2 aromatic carbocycles. The number of ether oxygens (including phenoxy) is 2. The molecular formula is C17H21NO2. The molecule has 0 saturated heterocycles. The minimum Gasteiger partial charge on any atom is -0.496 e. The topological polar surface area (TPSA) is 44.5 Å². The molecule has 2 rings (SSSR count). The van der Waals surface area contributed by atoms with Gasteiger partial charge in [0.15, 0.2) is 0 Å². The summed E-state index contributed by atoms with van der Waals surface area (Å²) in [4.78, 5) is 0. The molecule has 0 radical (unpaired) electrons. The van der Waals surface area contributed by atoms with Crippen LogP contribution in [0.4, 0.5) is 0 Å². The predicted octanol–water partition coefficient (Wildman–Crippen LogP) is 3.60. The van der Waals surface area contributed by atoms with Crippen molar-refractivity contribution in [1.82, 2.24) is 0 Å². The molecule has 20 heavy (non-hydrogen) atoms. The van der Waals surface area contributed by atoms with Crippen molar-refractivity contribution in [3.63, 3.8) is 0 Å². The summed E-state index contributed by atoms with van der Waals surface area (Å²) in [5.74, 6) is 1.74. The van der Waals surface area contributed by atoms with Gasteiger partial charge in [-0.3, -0.25) is 0 Å². The van der Waals surface area contributed by atoms with Gasteiger partial charge in [-0.15, -0.1) is 0 Å². The fraction of sp³-hybridized carbons (Fsp3) is 0.294. The van der Waals surface area contributed by atoms with Crippen LogP contribution in [0.15, 0.2) is 42.5 Å². The highest BCUT2D eigenvalue weighted by molar-refractivity contribution is 5.36. The van der Waals surface area contributed by atoms with Gasteiger partial charge in [0.05, 0.1) is 7.11 Å². The van der Waals surface area contributed by atoms with Gasteiger partial charge in [-0.05, 0) is 54.8 Å². The van der Waals surface area contributed by atoms with Gasteiger partial charge in [0.1, 0.15) is 18.1 Å². The zero-order valence-electron chi connectivity index (χ0n) is 12.2. The Labute approximate surface area is 120 Å². The minimum atomic E-state index is 0.0155. The summed E-state index contributed by atoms with van der Waals surface area (Å²) in [6.07, 6.45) is 0. The van der Waals surface area contributed by atoms with Crippen molar-refractivity contribution in [2.45, 2.75) is 26.5 Å². The first-order valence-electron chi connectivity index (χ1n) is 6.72. The maximum absolute atomic E-state index is 5.87. The maximum Gasteiger partial charge on any atom is 0.121 e. The summed E-state index contributed by atoms with van der Waals surface area (Å²) >= 11 is 0. The summed E-state index contributed by atoms with van der Waals surface area (Å²) in [6, 6.07) is 14.0. The van der Waals surface area contributed by atoms with Crippen LogP contribution in [0.2, 0.25) is 0 Å². The molecule has 0 amide bonds. The third kappa shape index (κ3) is 3.52. The molecule has 0 aliphatic heterocycles. The van der Waals surface area contributed by atoms with Crippen LogP contribution in [-0.2, 0) is 6.61 Å². The van der Waals surface area contributed by atoms with Crippen LogP contribution in [0.1, 0.15) is 29.7 Å². The molecule has 1 atom stereocenters. The third-order valence-electron chi connectivity index (χ3n) is 3.25. The van der Waals surface area contributed by atoms with Crippen molar-refractivity contribution >= 4 is 0 Å². The van der Waals surface area contributed by atoms with E-state index in [0.717, 1.165) is 28.2 Å². The van der Waals surface area contributed by atoms with E-state index >= 15 is 0 Å². The lowest BCUT2D eigenvalue weighted by molar-refractivity contribution is 0.305. The number of aryl methyl sites for hydroxylation is 1. The zero-order chi connectivity index (χ0) is 14.5. The second kappa shape index (κ2) is 6.44. The zero-order valence-corrected chi connectivity index (χ0v) is 12.2. The summed E-state index contributed by atoms with van der Waals surface area (Å²) in [5, 5.41) is 0. The second-order valence-corrected chi connectivity index (χ2v) is 4.95. The van der Waals surface area contributed by atoms with E-state index in [4.69, 9.17) is 15.2 Å². The molecule has 0 aliphatic rings. The van der Waals surface area contributed by atoms with Crippen LogP contribution in [0.3, 0.4) is 0 Å². The van der Waals surface area contributed by atoms with E-state index in [1.165, 1.54) is 0 Å². The van der Waals surface area contributed by atoms with Gasteiger partial charge in [-0.25, -0.2) is 0 Å². The highest BCUT2D eigenvalue weighted by Crippen LogP contribution is 2.21. The van der Waals surface area contributed by atoms with Crippen molar-refractivity contribution in [2.24, 2.45) is 5.73 Å². The Balaban J connectivity index is 2.05. The summed E-state index contributed by atoms with van der Waals surface area (Å²) in [5.41, 5.74) is 9.18. The second-order valence-electron chi connectivity index (χ2n) is 4.95. The average Bonchev–Trinajstić information content (AvgIpc) is 2.45. The lowest BCUT2D eigenvalue weighted by Crippen LogP contribution is -2.05. The number of benzene rings is 2. The Bertz CT molecular complexity index is 579. The molecule has 0 saturated carbocycles. The van der Waals surface area contributed by atoms with Crippen molar-refractivity contribution in [3.05, 3.63) is 59.2 Å². The number of nitrogens with two attached hydrogens (primary N) is 1. The van der Waals surface area contributed by atoms with E-state index in [-0.39, 0.29) is 6.04 Å². The fourth-order valence-corrected chi connectivity index (χ4v) is 2.08. The lowest BCUT2D eigenvalue weighted by atomic mass is 10.1. The Kier molecular flexibility index (Phi) is 4.64. The first kappa shape index (κ1) is 14.4. The Morgan fingerprint density at radius 1 is 1.15 bits per heavy atom. The van der Waals surface area contributed by atoms with Gasteiger partial charge in [0, 0.05) is 6.04 Å². The van der Waals surface area contributed by atoms with Gasteiger partial charge in [-0.2, -0.15) is 0 Å². The Hall–Kier alpha value is -2.00. The van der Waals surface area contributed by atoms with Crippen LogP contribution in [0.25, 0.3) is 0 Å². The van der Waals surface area contributed by atoms with Gasteiger partial charge in [-0.1, -0.05) is 18.2 Å². The van der Waals surface area contributed by atoms with Crippen molar-refractivity contribution in [3.8, 4) is 11.5 Å². The highest BCUT2D eigenvalue weighted by Gasteiger charge is 2.03. The molecular weight excluding hydrogens is 250 g/mol. The molecule has 0 bridgehead atoms. The molecule has 2 N–H and O–H groups in total. The smallest absolute Gasteiger partial charge is 0.121 e. The van der Waals surface area contributed by atoms with Crippen molar-refractivity contribution in [1.29, 1.82) is 0 Å². The largest absolute Gasteiger partial charge is 0.496 e. The standard InChI is InChI=1S/C17H21NO2/c1-12-9-14(7-8-17(12)19-3)11-20-16-6-4-5-15(10-16)13(2)18/h4-10,13H,11,18H2,1-3H3. The van der Waals surface area contributed by atoms with Gasteiger partial charge >= 0.3 is 0 Å². The van der Waals surface area contributed by atoms with E-state index in [9.17, 15) is 0 Å². The van der Waals surface area contributed by atoms with E-state index < -0.39 is 0 Å². The molecule has 0 heterocycles. The normalized spacial score (nSPS) is 12.0. The van der Waals surface area contributed by atoms with Crippen molar-refractivity contribution < 1.29 is 9.47 Å². The summed E-state index contributed by atoms with van der Waals surface area (Å²) in [7, 11) is 1.68. The van der Waals surface area contributed by atoms with E-state index in [2.05, 4.69) is 6.07 Å². The molecule has 3 nitrogen and oxygen atoms in total. The van der Waals surface area contributed by atoms with Crippen LogP contribution >= 0.6 is 0 Å². The fourth-order valence-electron chi connectivity index (χ4n) is 2.08. The van der Waals surface area contributed by atoms with Crippen molar-refractivity contribution in [2.75, 3.05) is 7.11 Å². The Morgan fingerprint density at radius 2 is 1.95 bits per heavy atom. The average molecular weight is 271 g/mol. The number of hydrogen-bond acceptors (Lipinski definition) is 3. The summed E-state index contributed by atoms with van der Waals surface area (Å²) in [6.45, 7) is 4.53. The van der Waals surface area contributed by atoms with Crippen LogP contribution in [0, 0.1) is 6.92 Å². The molecule has 0 fully saturated rings. The molecule has 1 unspecified atom stereocenters. The molecule has 106 valence electrons. The molecule has 2 aromatic rings. The van der Waals surface area contributed by atoms with Gasteiger partial charge < -0.3 is 15.2 Å². The number of hydrogen-bond donors (Lipinski definition) is 1. The monoisotopic (exact) mass is 271 g/mol.